The molecule has 2 aromatic rings. The van der Waals surface area contributed by atoms with Crippen LogP contribution in [0.3, 0.4) is 0 Å². The van der Waals surface area contributed by atoms with Crippen LogP contribution in [-0.2, 0) is 12.8 Å². The monoisotopic (exact) mass is 353 g/mol. The first kappa shape index (κ1) is 16.8. The molecule has 0 aromatic carbocycles. The van der Waals surface area contributed by atoms with E-state index >= 15 is 0 Å². The second-order valence-electron chi connectivity index (χ2n) is 6.81. The van der Waals surface area contributed by atoms with Crippen LogP contribution in [-0.4, -0.2) is 47.1 Å². The second kappa shape index (κ2) is 7.27. The summed E-state index contributed by atoms with van der Waals surface area (Å²) in [5.41, 5.74) is 2.75. The van der Waals surface area contributed by atoms with Crippen LogP contribution in [0.2, 0.25) is 0 Å². The van der Waals surface area contributed by atoms with Crippen molar-refractivity contribution in [2.45, 2.75) is 38.1 Å². The number of pyridine rings is 1. The highest BCUT2D eigenvalue weighted by Gasteiger charge is 2.26. The Hall–Kier alpha value is -2.70. The van der Waals surface area contributed by atoms with E-state index in [0.29, 0.717) is 23.9 Å². The van der Waals surface area contributed by atoms with Crippen molar-refractivity contribution < 1.29 is 9.53 Å². The van der Waals surface area contributed by atoms with E-state index in [1.54, 1.807) is 25.6 Å². The van der Waals surface area contributed by atoms with Crippen LogP contribution in [0.4, 0.5) is 5.95 Å². The lowest BCUT2D eigenvalue weighted by Crippen LogP contribution is -2.48. The SMILES string of the molecule is COc1nc2c(cc1C(=O)N[C@@H]1CCCN(c3ncccn3)C1)CCC2. The highest BCUT2D eigenvalue weighted by molar-refractivity contribution is 5.97. The van der Waals surface area contributed by atoms with Crippen LogP contribution >= 0.6 is 0 Å². The second-order valence-corrected chi connectivity index (χ2v) is 6.81. The largest absolute Gasteiger partial charge is 0.480 e. The fourth-order valence-corrected chi connectivity index (χ4v) is 3.77. The van der Waals surface area contributed by atoms with Crippen molar-refractivity contribution in [1.29, 1.82) is 0 Å². The van der Waals surface area contributed by atoms with E-state index in [1.807, 2.05) is 6.07 Å². The number of hydrogen-bond donors (Lipinski definition) is 1. The number of aryl methyl sites for hydroxylation is 2. The van der Waals surface area contributed by atoms with Gasteiger partial charge in [-0.2, -0.15) is 0 Å². The number of methoxy groups -OCH3 is 1. The first-order chi connectivity index (χ1) is 12.7. The van der Waals surface area contributed by atoms with Gasteiger partial charge in [-0.15, -0.1) is 0 Å². The zero-order valence-electron chi connectivity index (χ0n) is 14.9. The molecule has 0 unspecified atom stereocenters. The Kier molecular flexibility index (Phi) is 4.69. The standard InChI is InChI=1S/C19H23N5O2/c1-26-18-15(11-13-5-2-7-16(13)23-18)17(25)22-14-6-3-10-24(12-14)19-20-8-4-9-21-19/h4,8-9,11,14H,2-3,5-7,10,12H2,1H3,(H,22,25)/t14-/m1/s1. The minimum atomic E-state index is -0.120. The number of carbonyl (C=O) groups excluding carboxylic acids is 1. The number of rotatable bonds is 4. The fraction of sp³-hybridized carbons (Fsp3) is 0.474. The smallest absolute Gasteiger partial charge is 0.257 e. The average Bonchev–Trinajstić information content (AvgIpc) is 3.15. The average molecular weight is 353 g/mol. The number of nitrogens with zero attached hydrogens (tertiary/aromatic N) is 4. The molecule has 2 aliphatic rings. The summed E-state index contributed by atoms with van der Waals surface area (Å²) in [6, 6.07) is 3.81. The first-order valence-corrected chi connectivity index (χ1v) is 9.14. The molecular formula is C19H23N5O2. The third kappa shape index (κ3) is 3.34. The van der Waals surface area contributed by atoms with Crippen molar-refractivity contribution in [3.8, 4) is 5.88 Å². The summed E-state index contributed by atoms with van der Waals surface area (Å²) in [6.07, 6.45) is 8.44. The van der Waals surface area contributed by atoms with Crippen molar-refractivity contribution in [3.63, 3.8) is 0 Å². The Balaban J connectivity index is 1.48. The van der Waals surface area contributed by atoms with E-state index in [2.05, 4.69) is 25.2 Å². The molecule has 1 N–H and O–H groups in total. The lowest BCUT2D eigenvalue weighted by Gasteiger charge is -2.33. The number of aromatic nitrogens is 3. The van der Waals surface area contributed by atoms with Gasteiger partial charge in [0.25, 0.3) is 5.91 Å². The molecule has 1 amide bonds. The summed E-state index contributed by atoms with van der Waals surface area (Å²) < 4.78 is 5.37. The Morgan fingerprint density at radius 2 is 2.12 bits per heavy atom. The normalized spacial score (nSPS) is 19.1. The molecule has 0 spiro atoms. The van der Waals surface area contributed by atoms with Crippen molar-refractivity contribution in [1.82, 2.24) is 20.3 Å². The van der Waals surface area contributed by atoms with E-state index in [0.717, 1.165) is 44.3 Å². The van der Waals surface area contributed by atoms with Crippen LogP contribution < -0.4 is 15.0 Å². The molecule has 7 heteroatoms. The first-order valence-electron chi connectivity index (χ1n) is 9.14. The van der Waals surface area contributed by atoms with Crippen LogP contribution in [0.15, 0.2) is 24.5 Å². The van der Waals surface area contributed by atoms with Gasteiger partial charge in [-0.1, -0.05) is 0 Å². The van der Waals surface area contributed by atoms with Crippen molar-refractivity contribution in [2.24, 2.45) is 0 Å². The van der Waals surface area contributed by atoms with Crippen LogP contribution in [0.5, 0.6) is 5.88 Å². The molecule has 0 bridgehead atoms. The fourth-order valence-electron chi connectivity index (χ4n) is 3.77. The lowest BCUT2D eigenvalue weighted by molar-refractivity contribution is 0.0929. The minimum absolute atomic E-state index is 0.0537. The van der Waals surface area contributed by atoms with Crippen LogP contribution in [0.1, 0.15) is 40.9 Å². The zero-order valence-corrected chi connectivity index (χ0v) is 14.9. The molecule has 1 saturated heterocycles. The molecule has 0 radical (unpaired) electrons. The maximum absolute atomic E-state index is 12.9. The highest BCUT2D eigenvalue weighted by Crippen LogP contribution is 2.27. The number of amides is 1. The summed E-state index contributed by atoms with van der Waals surface area (Å²) in [4.78, 5) is 28.1. The van der Waals surface area contributed by atoms with E-state index < -0.39 is 0 Å². The van der Waals surface area contributed by atoms with E-state index in [-0.39, 0.29) is 11.9 Å². The Labute approximate surface area is 152 Å². The number of ether oxygens (including phenoxy) is 1. The van der Waals surface area contributed by atoms with Crippen molar-refractivity contribution >= 4 is 11.9 Å². The van der Waals surface area contributed by atoms with Gasteiger partial charge < -0.3 is 15.0 Å². The van der Waals surface area contributed by atoms with E-state index in [4.69, 9.17) is 4.74 Å². The molecule has 1 fully saturated rings. The number of piperidine rings is 1. The molecule has 1 aliphatic heterocycles. The molecule has 1 aliphatic carbocycles. The zero-order chi connectivity index (χ0) is 17.9. The van der Waals surface area contributed by atoms with Gasteiger partial charge in [-0.3, -0.25) is 4.79 Å². The Bertz CT molecular complexity index is 796. The lowest BCUT2D eigenvalue weighted by atomic mass is 10.0. The Morgan fingerprint density at radius 3 is 2.92 bits per heavy atom. The molecular weight excluding hydrogens is 330 g/mol. The van der Waals surface area contributed by atoms with Crippen LogP contribution in [0.25, 0.3) is 0 Å². The number of fused-ring (bicyclic) bond motifs is 1. The summed E-state index contributed by atoms with van der Waals surface area (Å²) >= 11 is 0. The molecule has 3 heterocycles. The van der Waals surface area contributed by atoms with Gasteiger partial charge >= 0.3 is 0 Å². The van der Waals surface area contributed by atoms with Gasteiger partial charge in [0.1, 0.15) is 5.56 Å². The third-order valence-corrected chi connectivity index (χ3v) is 5.05. The van der Waals surface area contributed by atoms with Crippen LogP contribution in [0, 0.1) is 0 Å². The van der Waals surface area contributed by atoms with Crippen molar-refractivity contribution in [3.05, 3.63) is 41.3 Å². The molecule has 136 valence electrons. The van der Waals surface area contributed by atoms with E-state index in [9.17, 15) is 4.79 Å². The number of hydrogen-bond acceptors (Lipinski definition) is 6. The summed E-state index contributed by atoms with van der Waals surface area (Å²) in [7, 11) is 1.57. The Morgan fingerprint density at radius 1 is 1.27 bits per heavy atom. The third-order valence-electron chi connectivity index (χ3n) is 5.05. The van der Waals surface area contributed by atoms with Gasteiger partial charge in [0.2, 0.25) is 11.8 Å². The van der Waals surface area contributed by atoms with Gasteiger partial charge in [0.15, 0.2) is 0 Å². The molecule has 7 nitrogen and oxygen atoms in total. The topological polar surface area (TPSA) is 80.2 Å². The molecule has 1 atom stereocenters. The van der Waals surface area contributed by atoms with Gasteiger partial charge in [-0.05, 0) is 49.8 Å². The predicted molar refractivity (Wildman–Crippen MR) is 97.5 cm³/mol. The van der Waals surface area contributed by atoms with E-state index in [1.165, 1.54) is 5.56 Å². The highest BCUT2D eigenvalue weighted by atomic mass is 16.5. The summed E-state index contributed by atoms with van der Waals surface area (Å²) in [6.45, 7) is 1.61. The molecule has 2 aromatic heterocycles. The number of carbonyl (C=O) groups is 1. The molecule has 0 saturated carbocycles. The number of anilines is 1. The minimum Gasteiger partial charge on any atom is -0.480 e. The van der Waals surface area contributed by atoms with Gasteiger partial charge in [0.05, 0.1) is 7.11 Å². The quantitative estimate of drug-likeness (QED) is 0.902. The molecule has 26 heavy (non-hydrogen) atoms. The predicted octanol–water partition coefficient (Wildman–Crippen LogP) is 1.77. The maximum atomic E-state index is 12.9. The number of nitrogens with one attached hydrogen (secondary N) is 1. The maximum Gasteiger partial charge on any atom is 0.257 e. The van der Waals surface area contributed by atoms with Gasteiger partial charge in [0, 0.05) is 37.2 Å². The van der Waals surface area contributed by atoms with Gasteiger partial charge in [-0.25, -0.2) is 15.0 Å². The summed E-state index contributed by atoms with van der Waals surface area (Å²) in [5, 5.41) is 3.14. The molecule has 4 rings (SSSR count). The summed E-state index contributed by atoms with van der Waals surface area (Å²) in [5.74, 6) is 1.01. The van der Waals surface area contributed by atoms with Crippen molar-refractivity contribution in [2.75, 3.05) is 25.1 Å².